The number of carbonyl (C=O) groups excluding carboxylic acids is 8. The van der Waals surface area contributed by atoms with Crippen molar-refractivity contribution in [3.05, 3.63) is 164 Å². The van der Waals surface area contributed by atoms with Crippen molar-refractivity contribution in [2.75, 3.05) is 19.8 Å². The molecule has 0 aromatic heterocycles. The molecule has 3 fully saturated rings. The van der Waals surface area contributed by atoms with Crippen LogP contribution in [-0.2, 0) is 68.5 Å². The van der Waals surface area contributed by atoms with Crippen LogP contribution in [0.1, 0.15) is 140 Å². The largest absolute Gasteiger partial charge is 0.508 e. The molecule has 9 aliphatic heterocycles. The first-order valence-electron chi connectivity index (χ1n) is 42.1. The van der Waals surface area contributed by atoms with Crippen molar-refractivity contribution >= 4 is 76.4 Å². The van der Waals surface area contributed by atoms with Crippen LogP contribution in [-0.4, -0.2) is 254 Å². The number of halogens is 2. The molecule has 9 aliphatic rings. The number of carboxylic acids is 1. The lowest BCUT2D eigenvalue weighted by Crippen LogP contribution is -2.65. The number of hydrogen-bond acceptors (Lipinski definition) is 33. The molecule has 44 heteroatoms. The number of nitrogens with two attached hydrogens (primary N) is 1. The van der Waals surface area contributed by atoms with E-state index in [2.05, 4.69) is 49.5 Å². The van der Waals surface area contributed by atoms with Gasteiger partial charge >= 0.3 is 5.97 Å². The SMILES string of the molecule is CCCCCCCCCC(=O)N[C@H]1[C@H](Oc2c3cc4cc2Oc2ccc(cc2Cl)[C@@H](O[C@@H]2O[C@H](CO)[C@@H](O)[C@H](O)[C@H]2NC(C)=O)[C@@H]2NC(=O)[C@H](NC(=O)[C@@H]4NC(=O)[C@H]4NC(=O)[C@@H](Cc5ccc(c(Cl)c5)O3)NC(=O)[C@@H](N)c3ccc(O)c(c3)Oc3cc(O)cc4c3)c3ccc(O)c(c3)-c3c(OC4O[C@H](CO)[C@@H](O)[C@H](O)[C@@H]4O)cc(O)cc3[C@@H](C(=O)O)NC2=O)O[C@H](CO)[C@@H](O)[C@@H]1O. The Bertz CT molecular complexity index is 5540. The Morgan fingerprint density at radius 2 is 1.03 bits per heavy atom. The lowest BCUT2D eigenvalue weighted by Gasteiger charge is -2.44. The van der Waals surface area contributed by atoms with Gasteiger partial charge in [-0.3, -0.25) is 38.4 Å². The number of rotatable bonds is 20. The number of benzene rings is 7. The Morgan fingerprint density at radius 1 is 0.485 bits per heavy atom. The fourth-order valence-corrected chi connectivity index (χ4v) is 17.0. The molecule has 132 heavy (non-hydrogen) atoms. The number of phenolic OH excluding ortho intramolecular Hbond substituents is 4. The van der Waals surface area contributed by atoms with Crippen LogP contribution in [0.5, 0.6) is 69.0 Å². The van der Waals surface area contributed by atoms with Crippen LogP contribution in [0, 0.1) is 0 Å². The van der Waals surface area contributed by atoms with Crippen molar-refractivity contribution in [1.82, 2.24) is 42.5 Å². The summed E-state index contributed by atoms with van der Waals surface area (Å²) in [4.78, 5) is 138. The Hall–Kier alpha value is -12.1. The molecule has 25 N–H and O–H groups in total. The molecule has 1 unspecified atom stereocenters. The summed E-state index contributed by atoms with van der Waals surface area (Å²) in [6, 6.07) is 0.681. The van der Waals surface area contributed by atoms with Crippen LogP contribution in [0.3, 0.4) is 0 Å². The lowest BCUT2D eigenvalue weighted by molar-refractivity contribution is -0.284. The average Bonchev–Trinajstić information content (AvgIpc) is 0.757. The first-order valence-corrected chi connectivity index (χ1v) is 42.9. The molecule has 7 aromatic carbocycles. The second kappa shape index (κ2) is 41.0. The molecular formula is C88H97Cl2N9O33. The van der Waals surface area contributed by atoms with Gasteiger partial charge in [-0.1, -0.05) is 92.9 Å². The number of carboxylic acid groups (broad SMARTS) is 1. The van der Waals surface area contributed by atoms with Gasteiger partial charge < -0.3 is 167 Å². The topological polar surface area (TPSA) is 662 Å². The molecule has 17 bridgehead atoms. The van der Waals surface area contributed by atoms with Gasteiger partial charge in [0, 0.05) is 48.6 Å². The maximum Gasteiger partial charge on any atom is 0.330 e. The van der Waals surface area contributed by atoms with Crippen molar-refractivity contribution < 1.29 is 162 Å². The maximum atomic E-state index is 17.0. The van der Waals surface area contributed by atoms with E-state index in [4.69, 9.17) is 71.6 Å². The number of aliphatic hydroxyl groups excluding tert-OH is 10. The molecule has 3 saturated heterocycles. The van der Waals surface area contributed by atoms with Gasteiger partial charge in [-0.05, 0) is 119 Å². The highest BCUT2D eigenvalue weighted by Crippen LogP contribution is 2.51. The standard InChI is InChI=1S/C88H97Cl2N9O33/c1-3-4-5-6-7-8-9-10-60(108)94-68-74(113)71(110)58(32-101)129-87(68)132-78-55-26-40-27-56(78)126-52-18-14-38(24-47(52)90)77(131-86-67(92-34(2)103)73(112)70(109)57(31-100)128-86)69-84(121)98-66(85(122)123)45-29-42(105)30-54(127-88-76(115)75(114)72(111)59(33-102)130-88)61(45)44-23-37(13-15-49(44)106)63(81(118)99-69)96-83(120)65(40)97-82(119)64-39-21-41(104)28-43(22-39)124-53-25-36(12-16-50(53)107)62(91)80(117)93-48(79(116)95-64)20-35-11-17-51(125-55)46(89)19-35/h11-19,21-30,48,57-59,62-77,86-88,100-102,104-107,109-115H,3-10,20,31-33,91H2,1-2H3,(H,92,103)(H,93,117)(H,94,108)(H,95,116)(H,96,120)(H,97,119)(H,98,121)(H,99,118)(H,122,123)/t48-,57-,58-,59-,62+,63-,64+,65-,66+,67-,68-,69+,70-,71-,72-,73-,74-,75+,76+,77-,86+,87+,88?/m1/s1. The minimum absolute atomic E-state index is 0.0272. The van der Waals surface area contributed by atoms with Crippen molar-refractivity contribution in [3.8, 4) is 80.1 Å². The van der Waals surface area contributed by atoms with Gasteiger partial charge in [-0.2, -0.15) is 0 Å². The molecule has 23 atom stereocenters. The number of ether oxygens (including phenoxy) is 9. The Kier molecular flexibility index (Phi) is 29.8. The van der Waals surface area contributed by atoms with Gasteiger partial charge in [-0.15, -0.1) is 0 Å². The summed E-state index contributed by atoms with van der Waals surface area (Å²) in [5, 5.41) is 190. The predicted octanol–water partition coefficient (Wildman–Crippen LogP) is 1.16. The highest BCUT2D eigenvalue weighted by atomic mass is 35.5. The highest BCUT2D eigenvalue weighted by molar-refractivity contribution is 6.32. The number of unbranched alkanes of at least 4 members (excludes halogenated alkanes) is 6. The zero-order valence-electron chi connectivity index (χ0n) is 70.1. The van der Waals surface area contributed by atoms with Gasteiger partial charge in [0.1, 0.15) is 156 Å². The number of aromatic hydroxyl groups is 4. The minimum atomic E-state index is -2.59. The number of nitrogens with one attached hydrogen (secondary N) is 8. The Labute approximate surface area is 759 Å². The summed E-state index contributed by atoms with van der Waals surface area (Å²) in [6.45, 7) is -0.110. The monoisotopic (exact) mass is 1880 g/mol. The molecule has 9 heterocycles. The summed E-state index contributed by atoms with van der Waals surface area (Å²) < 4.78 is 57.5. The summed E-state index contributed by atoms with van der Waals surface area (Å²) in [6.07, 6.45) is -23.8. The van der Waals surface area contributed by atoms with E-state index in [0.717, 1.165) is 124 Å². The van der Waals surface area contributed by atoms with Crippen LogP contribution in [0.25, 0.3) is 11.1 Å². The van der Waals surface area contributed by atoms with E-state index in [1.165, 1.54) is 30.3 Å². The fourth-order valence-electron chi connectivity index (χ4n) is 16.5. The Morgan fingerprint density at radius 3 is 1.66 bits per heavy atom. The van der Waals surface area contributed by atoms with Crippen molar-refractivity contribution in [2.24, 2.45) is 5.73 Å². The fraction of sp³-hybridized carbons (Fsp3) is 0.420. The summed E-state index contributed by atoms with van der Waals surface area (Å²) in [5.74, 6) is -19.5. The number of amides is 8. The van der Waals surface area contributed by atoms with E-state index < -0.39 is 316 Å². The quantitative estimate of drug-likeness (QED) is 0.0476. The number of fused-ring (bicyclic) bond motifs is 14. The molecule has 16 rings (SSSR count). The number of aliphatic carboxylic acids is 1. The molecule has 42 nitrogen and oxygen atoms in total. The van der Waals surface area contributed by atoms with Crippen LogP contribution in [0.2, 0.25) is 10.0 Å². The van der Waals surface area contributed by atoms with Gasteiger partial charge in [-0.25, -0.2) is 4.79 Å². The number of aliphatic hydroxyl groups is 10. The third-order valence-electron chi connectivity index (χ3n) is 23.5. The maximum absolute atomic E-state index is 17.0. The van der Waals surface area contributed by atoms with Gasteiger partial charge in [0.05, 0.1) is 29.9 Å². The van der Waals surface area contributed by atoms with Crippen LogP contribution >= 0.6 is 23.2 Å². The Balaban J connectivity index is 1.04. The van der Waals surface area contributed by atoms with E-state index in [-0.39, 0.29) is 39.8 Å². The average molecular weight is 1880 g/mol. The van der Waals surface area contributed by atoms with Crippen LogP contribution in [0.4, 0.5) is 0 Å². The molecule has 7 aromatic rings. The van der Waals surface area contributed by atoms with Gasteiger partial charge in [0.2, 0.25) is 65.6 Å². The molecule has 8 amide bonds. The highest BCUT2D eigenvalue weighted by Gasteiger charge is 2.52. The van der Waals surface area contributed by atoms with Crippen molar-refractivity contribution in [3.63, 3.8) is 0 Å². The number of carbonyl (C=O) groups is 9. The second-order valence-corrected chi connectivity index (χ2v) is 33.5. The third-order valence-corrected chi connectivity index (χ3v) is 24.0. The molecular weight excluding hydrogens is 1780 g/mol. The first kappa shape index (κ1) is 96.0. The number of hydrogen-bond donors (Lipinski definition) is 24. The molecule has 0 saturated carbocycles. The van der Waals surface area contributed by atoms with Crippen molar-refractivity contribution in [1.29, 1.82) is 0 Å². The van der Waals surface area contributed by atoms with Crippen LogP contribution < -0.4 is 72.0 Å². The van der Waals surface area contributed by atoms with E-state index in [0.29, 0.717) is 12.8 Å². The second-order valence-electron chi connectivity index (χ2n) is 32.7. The normalized spacial score (nSPS) is 28.9. The summed E-state index contributed by atoms with van der Waals surface area (Å²) in [7, 11) is 0. The first-order chi connectivity index (χ1) is 63.0. The van der Waals surface area contributed by atoms with E-state index >= 15 is 24.0 Å². The van der Waals surface area contributed by atoms with E-state index in [1.807, 2.05) is 0 Å². The van der Waals surface area contributed by atoms with Crippen LogP contribution in [0.15, 0.2) is 115 Å². The minimum Gasteiger partial charge on any atom is -0.508 e. The lowest BCUT2D eigenvalue weighted by atomic mass is 9.89. The zero-order valence-corrected chi connectivity index (χ0v) is 71.6. The van der Waals surface area contributed by atoms with E-state index in [1.54, 1.807) is 0 Å². The van der Waals surface area contributed by atoms with Gasteiger partial charge in [0.25, 0.3) is 0 Å². The van der Waals surface area contributed by atoms with E-state index in [9.17, 15) is 95.8 Å². The molecule has 0 radical (unpaired) electrons. The smallest absolute Gasteiger partial charge is 0.330 e. The predicted molar refractivity (Wildman–Crippen MR) is 453 cm³/mol. The zero-order chi connectivity index (χ0) is 94.7. The summed E-state index contributed by atoms with van der Waals surface area (Å²) >= 11 is 14.7. The molecule has 706 valence electrons. The van der Waals surface area contributed by atoms with Gasteiger partial charge in [0.15, 0.2) is 35.3 Å². The summed E-state index contributed by atoms with van der Waals surface area (Å²) in [5.41, 5.74) is 2.79. The molecule has 0 spiro atoms. The number of phenols is 4. The van der Waals surface area contributed by atoms with Crippen molar-refractivity contribution in [2.45, 2.75) is 212 Å². The molecule has 0 aliphatic carbocycles. The third kappa shape index (κ3) is 20.7.